The van der Waals surface area contributed by atoms with Gasteiger partial charge in [0.2, 0.25) is 0 Å². The Hall–Kier alpha value is -6.39. The van der Waals surface area contributed by atoms with Gasteiger partial charge in [0, 0.05) is 17.3 Å². The van der Waals surface area contributed by atoms with Crippen molar-refractivity contribution in [1.29, 1.82) is 0 Å². The highest BCUT2D eigenvalue weighted by atomic mass is 32.2. The summed E-state index contributed by atoms with van der Waals surface area (Å²) in [6.07, 6.45) is -7.22. The van der Waals surface area contributed by atoms with Crippen molar-refractivity contribution in [2.75, 3.05) is 0 Å². The number of phenols is 1. The van der Waals surface area contributed by atoms with Gasteiger partial charge in [-0.3, -0.25) is 0 Å². The first-order valence-corrected chi connectivity index (χ1v) is 18.3. The van der Waals surface area contributed by atoms with E-state index in [9.17, 15) is 57.8 Å². The van der Waals surface area contributed by atoms with E-state index in [1.54, 1.807) is 12.1 Å². The smallest absolute Gasteiger partial charge is 0.200 e. The summed E-state index contributed by atoms with van der Waals surface area (Å²) in [4.78, 5) is 1.23. The molecule has 64 heavy (non-hydrogen) atoms. The summed E-state index contributed by atoms with van der Waals surface area (Å²) in [7, 11) is 0. The Kier molecular flexibility index (Phi) is 13.0. The predicted octanol–water partition coefficient (Wildman–Crippen LogP) is 9.77. The first-order chi connectivity index (χ1) is 30.0. The number of fused-ring (bicyclic) bond motifs is 1. The minimum absolute atomic E-state index is 0.323. The van der Waals surface area contributed by atoms with Gasteiger partial charge in [-0.05, 0) is 35.0 Å². The maximum Gasteiger partial charge on any atom is 0.200 e. The fourth-order valence-corrected chi connectivity index (χ4v) is 8.03. The SMILES string of the molecule is Fc1c(F)c(F)c([B-](c2c(F)c(F)c(F)c(F)c2F)(c2c(F)c(F)c(F)c(F)c2F)c2c(F)c(F)c(F)c(F)c2F)c(F)c1F.Oc1ccc([SH+]Cc2cccc3ccccc23)cc1. The van der Waals surface area contributed by atoms with Gasteiger partial charge in [0.05, 0.1) is 0 Å². The second-order valence-electron chi connectivity index (χ2n) is 13.3. The molecule has 0 atom stereocenters. The lowest BCUT2D eigenvalue weighted by Crippen LogP contribution is -2.81. The summed E-state index contributed by atoms with van der Waals surface area (Å²) < 4.78 is 294. The zero-order chi connectivity index (χ0) is 47.4. The van der Waals surface area contributed by atoms with Gasteiger partial charge in [0.25, 0.3) is 0 Å². The standard InChI is InChI=1S/C24BF20.C17H14OS/c26-5-1(6(27)14(35)21(42)13(5)34)25(2-7(28)15(36)22(43)16(37)8(2)29,3-9(30)17(38)23(44)18(39)10(3)31)4-11(32)19(40)24(45)20(41)12(4)33;18-15-8-10-16(11-9-15)19-12-14-6-3-5-13-4-1-2-7-17(13)14/h;1-11,18H,12H2/q-1;/p+1. The van der Waals surface area contributed by atoms with Crippen LogP contribution in [-0.4, -0.2) is 11.3 Å². The maximum absolute atomic E-state index is 15.4. The normalized spacial score (nSPS) is 11.6. The summed E-state index contributed by atoms with van der Waals surface area (Å²) in [6.45, 7) is 0. The predicted molar refractivity (Wildman–Crippen MR) is 192 cm³/mol. The highest BCUT2D eigenvalue weighted by molar-refractivity contribution is 7.77. The van der Waals surface area contributed by atoms with E-state index in [0.29, 0.717) is 5.75 Å². The summed E-state index contributed by atoms with van der Waals surface area (Å²) in [5.74, 6) is -70.1. The van der Waals surface area contributed by atoms with Gasteiger partial charge in [0.15, 0.2) is 74.7 Å². The van der Waals surface area contributed by atoms with Crippen molar-refractivity contribution in [3.05, 3.63) is 189 Å². The van der Waals surface area contributed by atoms with Gasteiger partial charge in [-0.1, -0.05) is 42.5 Å². The average molecular weight is 946 g/mol. The fourth-order valence-electron chi connectivity index (χ4n) is 7.04. The van der Waals surface area contributed by atoms with Crippen molar-refractivity contribution >= 4 is 50.5 Å². The van der Waals surface area contributed by atoms with Gasteiger partial charge < -0.3 is 5.11 Å². The van der Waals surface area contributed by atoms with E-state index in [-0.39, 0.29) is 0 Å². The van der Waals surface area contributed by atoms with E-state index in [1.165, 1.54) is 33.0 Å². The monoisotopic (exact) mass is 946 g/mol. The van der Waals surface area contributed by atoms with Crippen LogP contribution < -0.4 is 21.9 Å². The molecule has 0 unspecified atom stereocenters. The van der Waals surface area contributed by atoms with Crippen molar-refractivity contribution in [2.45, 2.75) is 10.6 Å². The molecule has 7 aromatic rings. The molecular formula is C41H15BF20OS. The highest BCUT2D eigenvalue weighted by Gasteiger charge is 2.52. The van der Waals surface area contributed by atoms with Crippen LogP contribution in [0.5, 0.6) is 5.75 Å². The second kappa shape index (κ2) is 17.6. The minimum Gasteiger partial charge on any atom is -0.508 e. The minimum atomic E-state index is -7.22. The van der Waals surface area contributed by atoms with Crippen LogP contribution in [0.4, 0.5) is 87.8 Å². The van der Waals surface area contributed by atoms with Crippen molar-refractivity contribution in [1.82, 2.24) is 0 Å². The summed E-state index contributed by atoms with van der Waals surface area (Å²) in [6, 6.07) is 22.4. The van der Waals surface area contributed by atoms with Crippen LogP contribution in [0.15, 0.2) is 71.6 Å². The molecule has 0 saturated carbocycles. The molecular weight excluding hydrogens is 931 g/mol. The molecule has 334 valence electrons. The second-order valence-corrected chi connectivity index (χ2v) is 14.4. The molecule has 0 aliphatic carbocycles. The lowest BCUT2D eigenvalue weighted by atomic mass is 9.12. The molecule has 0 aliphatic rings. The third kappa shape index (κ3) is 7.41. The molecule has 0 aromatic heterocycles. The molecule has 0 fully saturated rings. The number of aromatic hydroxyl groups is 1. The molecule has 1 N–H and O–H groups in total. The molecule has 0 heterocycles. The van der Waals surface area contributed by atoms with E-state index in [1.807, 2.05) is 12.1 Å². The molecule has 23 heteroatoms. The van der Waals surface area contributed by atoms with Crippen molar-refractivity contribution < 1.29 is 92.9 Å². The van der Waals surface area contributed by atoms with Gasteiger partial charge in [-0.25, -0.2) is 87.8 Å². The number of thiol groups is 1. The first kappa shape index (κ1) is 47.1. The molecule has 1 nitrogen and oxygen atoms in total. The van der Waals surface area contributed by atoms with Gasteiger partial charge >= 0.3 is 0 Å². The van der Waals surface area contributed by atoms with Crippen LogP contribution >= 0.6 is 0 Å². The van der Waals surface area contributed by atoms with Crippen LogP contribution in [0.2, 0.25) is 0 Å². The zero-order valence-corrected chi connectivity index (χ0v) is 31.5. The number of halogens is 20. The van der Waals surface area contributed by atoms with Crippen LogP contribution in [0, 0.1) is 116 Å². The maximum atomic E-state index is 15.4. The Bertz CT molecular complexity index is 2630. The summed E-state index contributed by atoms with van der Waals surface area (Å²) >= 11 is 1.26. The third-order valence-corrected chi connectivity index (χ3v) is 11.0. The summed E-state index contributed by atoms with van der Waals surface area (Å²) in [5, 5.41) is 11.9. The van der Waals surface area contributed by atoms with Crippen molar-refractivity contribution in [2.24, 2.45) is 0 Å². The number of phenolic OH excluding ortho intramolecular Hbond substituents is 1. The van der Waals surface area contributed by atoms with E-state index in [4.69, 9.17) is 0 Å². The number of hydrogen-bond acceptors (Lipinski definition) is 1. The molecule has 0 aliphatic heterocycles. The third-order valence-electron chi connectivity index (χ3n) is 9.87. The Morgan fingerprint density at radius 2 is 0.609 bits per heavy atom. The van der Waals surface area contributed by atoms with Crippen LogP contribution in [0.3, 0.4) is 0 Å². The zero-order valence-electron chi connectivity index (χ0n) is 30.6. The van der Waals surface area contributed by atoms with Gasteiger partial charge in [0.1, 0.15) is 64.2 Å². The molecule has 0 saturated heterocycles. The largest absolute Gasteiger partial charge is 0.508 e. The average Bonchev–Trinajstić information content (AvgIpc) is 3.28. The van der Waals surface area contributed by atoms with E-state index >= 15 is 35.1 Å². The highest BCUT2D eigenvalue weighted by Crippen LogP contribution is 2.31. The van der Waals surface area contributed by atoms with E-state index < -0.39 is 144 Å². The number of rotatable bonds is 7. The first-order valence-electron chi connectivity index (χ1n) is 17.2. The Morgan fingerprint density at radius 1 is 0.328 bits per heavy atom. The number of benzene rings is 7. The van der Waals surface area contributed by atoms with Crippen LogP contribution in [0.25, 0.3) is 10.8 Å². The van der Waals surface area contributed by atoms with Crippen molar-refractivity contribution in [3.63, 3.8) is 0 Å². The fraction of sp³-hybridized carbons (Fsp3) is 0.0244. The Labute approximate surface area is 348 Å². The Morgan fingerprint density at radius 3 is 0.938 bits per heavy atom. The quantitative estimate of drug-likeness (QED) is 0.0422. The summed E-state index contributed by atoms with van der Waals surface area (Å²) in [5.41, 5.74) is -13.0. The molecule has 0 radical (unpaired) electrons. The molecule has 0 bridgehead atoms. The number of hydrogen-bond donors (Lipinski definition) is 1. The lowest BCUT2D eigenvalue weighted by molar-refractivity contribution is 0.378. The topological polar surface area (TPSA) is 20.2 Å². The Balaban J connectivity index is 0.000000295. The molecule has 0 spiro atoms. The van der Waals surface area contributed by atoms with E-state index in [2.05, 4.69) is 42.5 Å². The molecule has 7 rings (SSSR count). The molecule has 7 aromatic carbocycles. The van der Waals surface area contributed by atoms with Gasteiger partial charge in [-0.15, -0.1) is 21.9 Å². The van der Waals surface area contributed by atoms with Crippen LogP contribution in [0.1, 0.15) is 5.56 Å². The van der Waals surface area contributed by atoms with Crippen LogP contribution in [-0.2, 0) is 17.5 Å². The van der Waals surface area contributed by atoms with E-state index in [0.717, 1.165) is 5.75 Å². The lowest BCUT2D eigenvalue weighted by Gasteiger charge is -2.44. The van der Waals surface area contributed by atoms with Gasteiger partial charge in [-0.2, -0.15) is 0 Å². The van der Waals surface area contributed by atoms with Crippen molar-refractivity contribution in [3.8, 4) is 5.75 Å². The molecule has 0 amide bonds.